The Morgan fingerprint density at radius 2 is 1.85 bits per heavy atom. The number of nitrogens with one attached hydrogen (secondary N) is 1. The number of nitrogens with zero attached hydrogens (tertiary/aromatic N) is 2. The molecular weight excluding hydrogens is 250 g/mol. The van der Waals surface area contributed by atoms with Crippen molar-refractivity contribution in [2.45, 2.75) is 0 Å². The van der Waals surface area contributed by atoms with Gasteiger partial charge in [-0.1, -0.05) is 12.1 Å². The molecule has 1 N–H and O–H groups in total. The van der Waals surface area contributed by atoms with E-state index in [9.17, 15) is 0 Å². The van der Waals surface area contributed by atoms with E-state index in [2.05, 4.69) is 22.2 Å². The van der Waals surface area contributed by atoms with Gasteiger partial charge in [0.15, 0.2) is 5.65 Å². The van der Waals surface area contributed by atoms with Crippen molar-refractivity contribution in [1.82, 2.24) is 14.6 Å². The van der Waals surface area contributed by atoms with Gasteiger partial charge in [-0.25, -0.2) is 9.50 Å². The minimum absolute atomic E-state index is 0.857. The van der Waals surface area contributed by atoms with Crippen LogP contribution in [-0.2, 0) is 0 Å². The van der Waals surface area contributed by atoms with Crippen molar-refractivity contribution in [3.63, 3.8) is 0 Å². The number of aromatic nitrogens is 3. The van der Waals surface area contributed by atoms with Crippen molar-refractivity contribution >= 4 is 16.7 Å². The molecule has 4 aromatic rings. The molecule has 0 aliphatic carbocycles. The van der Waals surface area contributed by atoms with Crippen LogP contribution in [0.1, 0.15) is 0 Å². The van der Waals surface area contributed by atoms with Gasteiger partial charge >= 0.3 is 0 Å². The highest BCUT2D eigenvalue weighted by molar-refractivity contribution is 5.81. The van der Waals surface area contributed by atoms with Crippen LogP contribution in [0.3, 0.4) is 0 Å². The van der Waals surface area contributed by atoms with E-state index in [0.717, 1.165) is 33.7 Å². The normalized spacial score (nSPS) is 11.2. The Hall–Kier alpha value is -2.75. The lowest BCUT2D eigenvalue weighted by Gasteiger charge is -2.01. The first-order chi connectivity index (χ1) is 9.85. The summed E-state index contributed by atoms with van der Waals surface area (Å²) in [7, 11) is 1.67. The predicted octanol–water partition coefficient (Wildman–Crippen LogP) is 3.49. The zero-order chi connectivity index (χ0) is 13.5. The maximum Gasteiger partial charge on any atom is 0.154 e. The molecule has 2 aromatic heterocycles. The van der Waals surface area contributed by atoms with Crippen molar-refractivity contribution in [2.24, 2.45) is 0 Å². The summed E-state index contributed by atoms with van der Waals surface area (Å²) in [4.78, 5) is 4.60. The zero-order valence-corrected chi connectivity index (χ0v) is 11.0. The van der Waals surface area contributed by atoms with Gasteiger partial charge in [0.2, 0.25) is 0 Å². The second-order valence-corrected chi connectivity index (χ2v) is 4.69. The number of hydrogen-bond donors (Lipinski definition) is 1. The van der Waals surface area contributed by atoms with E-state index in [1.165, 1.54) is 0 Å². The Morgan fingerprint density at radius 3 is 2.65 bits per heavy atom. The molecule has 0 atom stereocenters. The van der Waals surface area contributed by atoms with Crippen LogP contribution in [0, 0.1) is 0 Å². The SMILES string of the molecule is COc1ccc(-c2cc3nc4ccccc4n3[nH]2)cc1. The third-order valence-corrected chi connectivity index (χ3v) is 3.49. The Bertz CT molecular complexity index is 887. The van der Waals surface area contributed by atoms with E-state index in [-0.39, 0.29) is 0 Å². The predicted molar refractivity (Wildman–Crippen MR) is 79.0 cm³/mol. The molecule has 0 spiro atoms. The summed E-state index contributed by atoms with van der Waals surface area (Å²) >= 11 is 0. The molecule has 0 aliphatic heterocycles. The second-order valence-electron chi connectivity index (χ2n) is 4.69. The van der Waals surface area contributed by atoms with Crippen LogP contribution >= 0.6 is 0 Å². The number of hydrogen-bond acceptors (Lipinski definition) is 2. The minimum atomic E-state index is 0.857. The lowest BCUT2D eigenvalue weighted by Crippen LogP contribution is -1.85. The molecule has 0 fully saturated rings. The van der Waals surface area contributed by atoms with Gasteiger partial charge in [-0.2, -0.15) is 0 Å². The molecule has 0 bridgehead atoms. The highest BCUT2D eigenvalue weighted by atomic mass is 16.5. The summed E-state index contributed by atoms with van der Waals surface area (Å²) in [5, 5.41) is 3.39. The summed E-state index contributed by atoms with van der Waals surface area (Å²) in [5.74, 6) is 0.857. The van der Waals surface area contributed by atoms with Crippen LogP contribution in [0.4, 0.5) is 0 Å². The van der Waals surface area contributed by atoms with Gasteiger partial charge in [-0.05, 0) is 42.0 Å². The third kappa shape index (κ3) is 1.58. The number of imidazole rings is 1. The lowest BCUT2D eigenvalue weighted by molar-refractivity contribution is 0.415. The molecule has 4 rings (SSSR count). The first-order valence-corrected chi connectivity index (χ1v) is 6.46. The van der Waals surface area contributed by atoms with Crippen LogP contribution in [0.25, 0.3) is 27.9 Å². The maximum absolute atomic E-state index is 5.18. The van der Waals surface area contributed by atoms with Crippen LogP contribution in [-0.4, -0.2) is 21.7 Å². The Balaban J connectivity index is 1.87. The summed E-state index contributed by atoms with van der Waals surface area (Å²) < 4.78 is 7.19. The van der Waals surface area contributed by atoms with Gasteiger partial charge in [0.1, 0.15) is 5.75 Å². The number of para-hydroxylation sites is 2. The smallest absolute Gasteiger partial charge is 0.154 e. The summed E-state index contributed by atoms with van der Waals surface area (Å²) in [6, 6.07) is 18.1. The first-order valence-electron chi connectivity index (χ1n) is 6.46. The number of benzene rings is 2. The van der Waals surface area contributed by atoms with E-state index in [1.807, 2.05) is 47.0 Å². The van der Waals surface area contributed by atoms with Gasteiger partial charge in [0.05, 0.1) is 23.8 Å². The van der Waals surface area contributed by atoms with Crippen molar-refractivity contribution in [2.75, 3.05) is 7.11 Å². The molecule has 4 heteroatoms. The molecule has 0 unspecified atom stereocenters. The van der Waals surface area contributed by atoms with Gasteiger partial charge in [-0.15, -0.1) is 0 Å². The Kier molecular flexibility index (Phi) is 2.29. The zero-order valence-electron chi connectivity index (χ0n) is 11.0. The van der Waals surface area contributed by atoms with E-state index in [0.29, 0.717) is 0 Å². The number of H-pyrrole nitrogens is 1. The minimum Gasteiger partial charge on any atom is -0.497 e. The molecule has 20 heavy (non-hydrogen) atoms. The molecule has 4 nitrogen and oxygen atoms in total. The van der Waals surface area contributed by atoms with E-state index >= 15 is 0 Å². The summed E-state index contributed by atoms with van der Waals surface area (Å²) in [5.41, 5.74) is 5.17. The topological polar surface area (TPSA) is 42.3 Å². The van der Waals surface area contributed by atoms with E-state index in [1.54, 1.807) is 7.11 Å². The number of aromatic amines is 1. The number of ether oxygens (including phenoxy) is 1. The van der Waals surface area contributed by atoms with Crippen LogP contribution in [0.15, 0.2) is 54.6 Å². The van der Waals surface area contributed by atoms with E-state index in [4.69, 9.17) is 4.74 Å². The van der Waals surface area contributed by atoms with Crippen LogP contribution < -0.4 is 4.74 Å². The molecule has 98 valence electrons. The fourth-order valence-electron chi connectivity index (χ4n) is 2.46. The number of fused-ring (bicyclic) bond motifs is 3. The van der Waals surface area contributed by atoms with Crippen LogP contribution in [0.2, 0.25) is 0 Å². The van der Waals surface area contributed by atoms with Gasteiger partial charge in [0, 0.05) is 6.07 Å². The largest absolute Gasteiger partial charge is 0.497 e. The van der Waals surface area contributed by atoms with Crippen LogP contribution in [0.5, 0.6) is 5.75 Å². The second kappa shape index (κ2) is 4.13. The highest BCUT2D eigenvalue weighted by Gasteiger charge is 2.08. The molecule has 0 saturated heterocycles. The summed E-state index contributed by atoms with van der Waals surface area (Å²) in [6.07, 6.45) is 0. The monoisotopic (exact) mass is 263 g/mol. The lowest BCUT2D eigenvalue weighted by atomic mass is 10.1. The third-order valence-electron chi connectivity index (χ3n) is 3.49. The van der Waals surface area contributed by atoms with Gasteiger partial charge in [-0.3, -0.25) is 5.10 Å². The van der Waals surface area contributed by atoms with Crippen molar-refractivity contribution in [3.05, 3.63) is 54.6 Å². The highest BCUT2D eigenvalue weighted by Crippen LogP contribution is 2.24. The number of methoxy groups -OCH3 is 1. The molecule has 2 aromatic carbocycles. The van der Waals surface area contributed by atoms with Crippen molar-refractivity contribution < 1.29 is 4.74 Å². The van der Waals surface area contributed by atoms with Crippen molar-refractivity contribution in [3.8, 4) is 17.0 Å². The van der Waals surface area contributed by atoms with Crippen molar-refractivity contribution in [1.29, 1.82) is 0 Å². The Labute approximate surface area is 115 Å². The fraction of sp³-hybridized carbons (Fsp3) is 0.0625. The molecule has 0 radical (unpaired) electrons. The molecular formula is C16H13N3O. The molecule has 0 saturated carbocycles. The molecule has 0 aliphatic rings. The number of rotatable bonds is 2. The Morgan fingerprint density at radius 1 is 1.05 bits per heavy atom. The van der Waals surface area contributed by atoms with Gasteiger partial charge < -0.3 is 4.74 Å². The fourth-order valence-corrected chi connectivity index (χ4v) is 2.46. The molecule has 0 amide bonds. The average Bonchev–Trinajstić information content (AvgIpc) is 3.05. The van der Waals surface area contributed by atoms with Gasteiger partial charge in [0.25, 0.3) is 0 Å². The average molecular weight is 263 g/mol. The quantitative estimate of drug-likeness (QED) is 0.601. The standard InChI is InChI=1S/C16H13N3O/c1-20-12-8-6-11(7-9-12)14-10-16-17-13-4-2-3-5-15(13)19(16)18-14/h2-10,18H,1H3. The summed E-state index contributed by atoms with van der Waals surface area (Å²) in [6.45, 7) is 0. The first kappa shape index (κ1) is 11.1. The maximum atomic E-state index is 5.18. The molecule has 2 heterocycles. The van der Waals surface area contributed by atoms with E-state index < -0.39 is 0 Å².